The van der Waals surface area contributed by atoms with Crippen LogP contribution in [0.4, 0.5) is 5.82 Å². The summed E-state index contributed by atoms with van der Waals surface area (Å²) in [6.07, 6.45) is 0. The van der Waals surface area contributed by atoms with Gasteiger partial charge in [-0.3, -0.25) is 0 Å². The summed E-state index contributed by atoms with van der Waals surface area (Å²) in [5.74, 6) is 6.16. The number of nitrogens with one attached hydrogen (secondary N) is 1. The fourth-order valence-electron chi connectivity index (χ4n) is 1.73. The lowest BCUT2D eigenvalue weighted by atomic mass is 10.0. The third-order valence-electron chi connectivity index (χ3n) is 2.84. The van der Waals surface area contributed by atoms with E-state index in [1.807, 2.05) is 6.92 Å². The molecule has 3 N–H and O–H groups in total. The van der Waals surface area contributed by atoms with Crippen molar-refractivity contribution in [2.45, 2.75) is 20.8 Å². The molecule has 1 aromatic heterocycles. The highest BCUT2D eigenvalue weighted by Crippen LogP contribution is 2.23. The Hall–Kier alpha value is -1.32. The van der Waals surface area contributed by atoms with E-state index < -0.39 is 0 Å². The van der Waals surface area contributed by atoms with Crippen molar-refractivity contribution in [3.05, 3.63) is 34.9 Å². The first-order valence-corrected chi connectivity index (χ1v) is 4.97. The summed E-state index contributed by atoms with van der Waals surface area (Å²) in [5, 5.41) is 1.16. The van der Waals surface area contributed by atoms with Crippen molar-refractivity contribution >= 4 is 29.1 Å². The predicted molar refractivity (Wildman–Crippen MR) is 71.0 cm³/mol. The molecule has 0 aliphatic rings. The molecule has 0 saturated heterocycles. The number of aromatic nitrogens is 1. The molecule has 16 heavy (non-hydrogen) atoms. The standard InChI is InChI=1S/C12H15N3.ClH/c1-7-4-5-10-6-8(2)12(15-13)14-11(10)9(7)3;/h4-6H,13H2,1-3H3,(H,14,15);1H. The van der Waals surface area contributed by atoms with Crippen molar-refractivity contribution < 1.29 is 0 Å². The largest absolute Gasteiger partial charge is 0.308 e. The Kier molecular flexibility index (Phi) is 3.73. The molecule has 0 unspecified atom stereocenters. The number of rotatable bonds is 1. The van der Waals surface area contributed by atoms with Crippen LogP contribution < -0.4 is 11.3 Å². The highest BCUT2D eigenvalue weighted by Gasteiger charge is 2.05. The second-order valence-electron chi connectivity index (χ2n) is 3.88. The van der Waals surface area contributed by atoms with Crippen LogP contribution in [0.5, 0.6) is 0 Å². The zero-order chi connectivity index (χ0) is 11.0. The van der Waals surface area contributed by atoms with Crippen molar-refractivity contribution in [2.75, 3.05) is 5.43 Å². The highest BCUT2D eigenvalue weighted by molar-refractivity contribution is 5.85. The molecule has 0 radical (unpaired) electrons. The minimum atomic E-state index is 0. The van der Waals surface area contributed by atoms with E-state index in [4.69, 9.17) is 5.84 Å². The van der Waals surface area contributed by atoms with Gasteiger partial charge in [0.05, 0.1) is 5.52 Å². The third kappa shape index (κ3) is 1.96. The van der Waals surface area contributed by atoms with Gasteiger partial charge in [-0.25, -0.2) is 10.8 Å². The molecule has 0 aliphatic heterocycles. The van der Waals surface area contributed by atoms with Crippen molar-refractivity contribution in [1.82, 2.24) is 4.98 Å². The molecule has 86 valence electrons. The summed E-state index contributed by atoms with van der Waals surface area (Å²) in [5.41, 5.74) is 7.17. The van der Waals surface area contributed by atoms with Gasteiger partial charge in [0.1, 0.15) is 5.82 Å². The second-order valence-corrected chi connectivity index (χ2v) is 3.88. The number of aryl methyl sites for hydroxylation is 3. The number of pyridine rings is 1. The maximum atomic E-state index is 5.42. The number of anilines is 1. The number of nitrogen functional groups attached to an aromatic ring is 1. The number of nitrogens with two attached hydrogens (primary N) is 1. The molecule has 4 heteroatoms. The van der Waals surface area contributed by atoms with Gasteiger partial charge >= 0.3 is 0 Å². The van der Waals surface area contributed by atoms with Crippen molar-refractivity contribution in [3.8, 4) is 0 Å². The van der Waals surface area contributed by atoms with Crippen molar-refractivity contribution in [3.63, 3.8) is 0 Å². The van der Waals surface area contributed by atoms with Crippen LogP contribution in [0.15, 0.2) is 18.2 Å². The molecule has 0 saturated carbocycles. The Labute approximate surface area is 101 Å². The lowest BCUT2D eigenvalue weighted by Gasteiger charge is -2.09. The molecule has 0 bridgehead atoms. The Balaban J connectivity index is 0.00000128. The Bertz CT molecular complexity index is 523. The molecule has 2 aromatic rings. The smallest absolute Gasteiger partial charge is 0.143 e. The summed E-state index contributed by atoms with van der Waals surface area (Å²) < 4.78 is 0. The van der Waals surface area contributed by atoms with Gasteiger partial charge in [0.15, 0.2) is 0 Å². The molecule has 0 aliphatic carbocycles. The topological polar surface area (TPSA) is 50.9 Å². The minimum absolute atomic E-state index is 0. The first-order chi connectivity index (χ1) is 7.13. The predicted octanol–water partition coefficient (Wildman–Crippen LogP) is 2.87. The van der Waals surface area contributed by atoms with Gasteiger partial charge in [-0.05, 0) is 43.5 Å². The summed E-state index contributed by atoms with van der Waals surface area (Å²) >= 11 is 0. The lowest BCUT2D eigenvalue weighted by Crippen LogP contribution is -2.10. The molecule has 2 rings (SSSR count). The Morgan fingerprint density at radius 2 is 1.81 bits per heavy atom. The molecule has 0 atom stereocenters. The van der Waals surface area contributed by atoms with Crippen LogP contribution in [0, 0.1) is 20.8 Å². The monoisotopic (exact) mass is 237 g/mol. The van der Waals surface area contributed by atoms with E-state index in [1.54, 1.807) is 0 Å². The van der Waals surface area contributed by atoms with Crippen LogP contribution in [0.3, 0.4) is 0 Å². The minimum Gasteiger partial charge on any atom is -0.308 e. The average Bonchev–Trinajstić information content (AvgIpc) is 2.23. The molecule has 1 heterocycles. The molecule has 0 fully saturated rings. The van der Waals surface area contributed by atoms with Crippen LogP contribution in [-0.2, 0) is 0 Å². The van der Waals surface area contributed by atoms with Crippen LogP contribution >= 0.6 is 12.4 Å². The van der Waals surface area contributed by atoms with Crippen LogP contribution in [-0.4, -0.2) is 4.98 Å². The molecular formula is C12H16ClN3. The van der Waals surface area contributed by atoms with Crippen LogP contribution in [0.1, 0.15) is 16.7 Å². The second kappa shape index (κ2) is 4.68. The maximum Gasteiger partial charge on any atom is 0.143 e. The maximum absolute atomic E-state index is 5.42. The quantitative estimate of drug-likeness (QED) is 0.592. The van der Waals surface area contributed by atoms with E-state index in [0.717, 1.165) is 22.3 Å². The summed E-state index contributed by atoms with van der Waals surface area (Å²) in [6.45, 7) is 6.17. The van der Waals surface area contributed by atoms with Gasteiger partial charge in [0, 0.05) is 5.39 Å². The van der Waals surface area contributed by atoms with E-state index in [0.29, 0.717) is 0 Å². The number of benzene rings is 1. The molecule has 0 spiro atoms. The van der Waals surface area contributed by atoms with Crippen LogP contribution in [0.2, 0.25) is 0 Å². The number of halogens is 1. The molecular weight excluding hydrogens is 222 g/mol. The van der Waals surface area contributed by atoms with E-state index >= 15 is 0 Å². The fraction of sp³-hybridized carbons (Fsp3) is 0.250. The first kappa shape index (κ1) is 12.7. The number of hydrogen-bond donors (Lipinski definition) is 2. The van der Waals surface area contributed by atoms with E-state index in [9.17, 15) is 0 Å². The number of nitrogens with zero attached hydrogens (tertiary/aromatic N) is 1. The number of fused-ring (bicyclic) bond motifs is 1. The zero-order valence-corrected chi connectivity index (χ0v) is 10.5. The molecule has 1 aromatic carbocycles. The van der Waals surface area contributed by atoms with Gasteiger partial charge in [-0.15, -0.1) is 12.4 Å². The van der Waals surface area contributed by atoms with Crippen molar-refractivity contribution in [2.24, 2.45) is 5.84 Å². The number of hydrogen-bond acceptors (Lipinski definition) is 3. The molecule has 0 amide bonds. The summed E-state index contributed by atoms with van der Waals surface area (Å²) in [4.78, 5) is 4.52. The first-order valence-electron chi connectivity index (χ1n) is 4.97. The summed E-state index contributed by atoms with van der Waals surface area (Å²) in [6, 6.07) is 6.32. The van der Waals surface area contributed by atoms with Gasteiger partial charge in [-0.2, -0.15) is 0 Å². The Morgan fingerprint density at radius 3 is 2.44 bits per heavy atom. The number of hydrazine groups is 1. The van der Waals surface area contributed by atoms with E-state index in [1.165, 1.54) is 11.1 Å². The lowest BCUT2D eigenvalue weighted by molar-refractivity contribution is 1.21. The highest BCUT2D eigenvalue weighted by atomic mass is 35.5. The van der Waals surface area contributed by atoms with Gasteiger partial charge in [0.2, 0.25) is 0 Å². The summed E-state index contributed by atoms with van der Waals surface area (Å²) in [7, 11) is 0. The van der Waals surface area contributed by atoms with Crippen molar-refractivity contribution in [1.29, 1.82) is 0 Å². The van der Waals surface area contributed by atoms with E-state index in [-0.39, 0.29) is 12.4 Å². The fourth-order valence-corrected chi connectivity index (χ4v) is 1.73. The average molecular weight is 238 g/mol. The SMILES string of the molecule is Cc1cc2ccc(C)c(C)c2nc1NN.Cl. The Morgan fingerprint density at radius 1 is 1.12 bits per heavy atom. The van der Waals surface area contributed by atoms with Gasteiger partial charge in [-0.1, -0.05) is 12.1 Å². The normalized spacial score (nSPS) is 10.0. The van der Waals surface area contributed by atoms with Crippen LogP contribution in [0.25, 0.3) is 10.9 Å². The van der Waals surface area contributed by atoms with E-state index in [2.05, 4.69) is 42.5 Å². The third-order valence-corrected chi connectivity index (χ3v) is 2.84. The molecule has 3 nitrogen and oxygen atoms in total. The van der Waals surface area contributed by atoms with Gasteiger partial charge in [0.25, 0.3) is 0 Å². The van der Waals surface area contributed by atoms with Gasteiger partial charge < -0.3 is 5.43 Å². The zero-order valence-electron chi connectivity index (χ0n) is 9.66.